The molecular formula is C12H11Cl2F3N2O. The van der Waals surface area contributed by atoms with Crippen molar-refractivity contribution >= 4 is 29.9 Å². The molecule has 0 radical (unpaired) electrons. The van der Waals surface area contributed by atoms with Crippen molar-refractivity contribution in [2.75, 3.05) is 19.6 Å². The Balaban J connectivity index is 0.00000147. The fourth-order valence-corrected chi connectivity index (χ4v) is 3.02. The molecule has 3 nitrogen and oxygen atoms in total. The van der Waals surface area contributed by atoms with E-state index in [0.717, 1.165) is 6.07 Å². The summed E-state index contributed by atoms with van der Waals surface area (Å²) in [6.07, 6.45) is -4.55. The fraction of sp³-hybridized carbons (Fsp3) is 0.417. The molecule has 110 valence electrons. The lowest BCUT2D eigenvalue weighted by molar-refractivity contribution is -0.137. The van der Waals surface area contributed by atoms with Gasteiger partial charge in [0, 0.05) is 30.2 Å². The number of halogens is 5. The number of fused-ring (bicyclic) bond motifs is 3. The van der Waals surface area contributed by atoms with Crippen molar-refractivity contribution in [3.05, 3.63) is 33.8 Å². The molecule has 0 aliphatic carbocycles. The number of alkyl halides is 3. The number of hydrogen-bond acceptors (Lipinski definition) is 2. The normalized spacial score (nSPS) is 21.3. The number of piperazine rings is 1. The second-order valence-corrected chi connectivity index (χ2v) is 5.01. The summed E-state index contributed by atoms with van der Waals surface area (Å²) >= 11 is 6.00. The van der Waals surface area contributed by atoms with Gasteiger partial charge in [0.05, 0.1) is 17.2 Å². The number of carbonyl (C=O) groups is 1. The summed E-state index contributed by atoms with van der Waals surface area (Å²) in [5.74, 6) is -0.573. The van der Waals surface area contributed by atoms with Crippen LogP contribution in [0.2, 0.25) is 5.02 Å². The van der Waals surface area contributed by atoms with Crippen molar-refractivity contribution in [2.24, 2.45) is 0 Å². The van der Waals surface area contributed by atoms with Crippen molar-refractivity contribution in [3.63, 3.8) is 0 Å². The van der Waals surface area contributed by atoms with Crippen LogP contribution in [0.25, 0.3) is 0 Å². The molecule has 0 spiro atoms. The predicted molar refractivity (Wildman–Crippen MR) is 70.3 cm³/mol. The largest absolute Gasteiger partial charge is 0.417 e. The molecule has 0 unspecified atom stereocenters. The lowest BCUT2D eigenvalue weighted by Crippen LogP contribution is -2.44. The average molecular weight is 327 g/mol. The van der Waals surface area contributed by atoms with Gasteiger partial charge in [-0.2, -0.15) is 13.2 Å². The molecule has 20 heavy (non-hydrogen) atoms. The van der Waals surface area contributed by atoms with Gasteiger partial charge in [-0.05, 0) is 12.1 Å². The average Bonchev–Trinajstić information content (AvgIpc) is 2.64. The molecule has 1 amide bonds. The van der Waals surface area contributed by atoms with E-state index in [1.54, 1.807) is 0 Å². The van der Waals surface area contributed by atoms with Crippen LogP contribution in [0.3, 0.4) is 0 Å². The van der Waals surface area contributed by atoms with Gasteiger partial charge < -0.3 is 10.2 Å². The van der Waals surface area contributed by atoms with E-state index in [0.29, 0.717) is 25.2 Å². The molecule has 1 fully saturated rings. The number of benzene rings is 1. The van der Waals surface area contributed by atoms with E-state index in [1.807, 2.05) is 0 Å². The summed E-state index contributed by atoms with van der Waals surface area (Å²) in [7, 11) is 0. The third-order valence-corrected chi connectivity index (χ3v) is 3.88. The molecular weight excluding hydrogens is 316 g/mol. The Hall–Kier alpha value is -0.980. The van der Waals surface area contributed by atoms with Crippen LogP contribution >= 0.6 is 24.0 Å². The van der Waals surface area contributed by atoms with E-state index in [9.17, 15) is 18.0 Å². The zero-order valence-electron chi connectivity index (χ0n) is 10.1. The molecule has 1 atom stereocenters. The van der Waals surface area contributed by atoms with Gasteiger partial charge in [0.25, 0.3) is 5.91 Å². The molecule has 1 aromatic carbocycles. The minimum atomic E-state index is -4.55. The number of amides is 1. The van der Waals surface area contributed by atoms with Gasteiger partial charge in [0.15, 0.2) is 0 Å². The second kappa shape index (κ2) is 5.09. The molecule has 1 saturated heterocycles. The van der Waals surface area contributed by atoms with Crippen LogP contribution in [0, 0.1) is 0 Å². The monoisotopic (exact) mass is 326 g/mol. The number of nitrogens with zero attached hydrogens (tertiary/aromatic N) is 1. The van der Waals surface area contributed by atoms with E-state index in [-0.39, 0.29) is 23.0 Å². The molecule has 2 aliphatic heterocycles. The zero-order valence-corrected chi connectivity index (χ0v) is 11.7. The van der Waals surface area contributed by atoms with Crippen molar-refractivity contribution in [1.29, 1.82) is 0 Å². The molecule has 3 rings (SSSR count). The first-order chi connectivity index (χ1) is 8.91. The predicted octanol–water partition coefficient (Wildman–Crippen LogP) is 2.88. The van der Waals surface area contributed by atoms with E-state index in [2.05, 4.69) is 5.32 Å². The fourth-order valence-electron chi connectivity index (χ4n) is 2.74. The Labute approximate surface area is 124 Å². The second-order valence-electron chi connectivity index (χ2n) is 4.60. The zero-order chi connectivity index (χ0) is 13.8. The first kappa shape index (κ1) is 15.4. The summed E-state index contributed by atoms with van der Waals surface area (Å²) < 4.78 is 39.0. The van der Waals surface area contributed by atoms with Crippen LogP contribution < -0.4 is 5.32 Å². The number of rotatable bonds is 0. The van der Waals surface area contributed by atoms with Gasteiger partial charge in [0.1, 0.15) is 0 Å². The van der Waals surface area contributed by atoms with Crippen LogP contribution in [0.4, 0.5) is 13.2 Å². The molecule has 0 bridgehead atoms. The minimum absolute atomic E-state index is 0. The summed E-state index contributed by atoms with van der Waals surface area (Å²) in [5, 5.41) is 3.28. The van der Waals surface area contributed by atoms with Crippen LogP contribution in [0.15, 0.2) is 12.1 Å². The van der Waals surface area contributed by atoms with Crippen LogP contribution in [0.1, 0.15) is 27.5 Å². The summed E-state index contributed by atoms with van der Waals surface area (Å²) in [4.78, 5) is 13.7. The van der Waals surface area contributed by atoms with Gasteiger partial charge in [-0.3, -0.25) is 4.79 Å². The van der Waals surface area contributed by atoms with Crippen LogP contribution in [-0.4, -0.2) is 30.4 Å². The number of carbonyl (C=O) groups excluding carboxylic acids is 1. The summed E-state index contributed by atoms with van der Waals surface area (Å²) in [5.41, 5.74) is -0.881. The van der Waals surface area contributed by atoms with Crippen LogP contribution in [0.5, 0.6) is 0 Å². The van der Waals surface area contributed by atoms with Crippen molar-refractivity contribution in [1.82, 2.24) is 10.2 Å². The van der Waals surface area contributed by atoms with Gasteiger partial charge in [0.2, 0.25) is 0 Å². The SMILES string of the molecule is Cl.O=C1c2c(C(F)(F)F)ccc(Cl)c2[C@@H]2CNCCN12. The molecule has 1 N–H and O–H groups in total. The molecule has 0 saturated carbocycles. The Morgan fingerprint density at radius 1 is 1.35 bits per heavy atom. The van der Waals surface area contributed by atoms with E-state index >= 15 is 0 Å². The maximum Gasteiger partial charge on any atom is 0.417 e. The van der Waals surface area contributed by atoms with Gasteiger partial charge in [-0.25, -0.2) is 0 Å². The molecule has 2 aliphatic rings. The summed E-state index contributed by atoms with van der Waals surface area (Å²) in [6, 6.07) is 1.70. The maximum atomic E-state index is 13.0. The number of hydrogen-bond donors (Lipinski definition) is 1. The highest BCUT2D eigenvalue weighted by atomic mass is 35.5. The maximum absolute atomic E-state index is 13.0. The third-order valence-electron chi connectivity index (χ3n) is 3.55. The highest BCUT2D eigenvalue weighted by Crippen LogP contribution is 2.44. The van der Waals surface area contributed by atoms with Gasteiger partial charge >= 0.3 is 6.18 Å². The Kier molecular flexibility index (Phi) is 3.92. The lowest BCUT2D eigenvalue weighted by Gasteiger charge is -2.30. The van der Waals surface area contributed by atoms with Crippen molar-refractivity contribution in [2.45, 2.75) is 12.2 Å². The van der Waals surface area contributed by atoms with E-state index in [1.165, 1.54) is 11.0 Å². The smallest absolute Gasteiger partial charge is 0.329 e. The standard InChI is InChI=1S/C12H10ClF3N2O.ClH/c13-7-2-1-6(12(14,15)16)9-10(7)8-5-17-3-4-18(8)11(9)19;/h1-2,8,17H,3-5H2;1H/t8-;/m0./s1. The molecule has 8 heteroatoms. The van der Waals surface area contributed by atoms with Gasteiger partial charge in [-0.1, -0.05) is 11.6 Å². The van der Waals surface area contributed by atoms with Crippen molar-refractivity contribution in [3.8, 4) is 0 Å². The molecule has 1 aromatic rings. The number of nitrogens with one attached hydrogen (secondary N) is 1. The minimum Gasteiger partial charge on any atom is -0.329 e. The highest BCUT2D eigenvalue weighted by Gasteiger charge is 2.46. The Morgan fingerprint density at radius 3 is 2.70 bits per heavy atom. The van der Waals surface area contributed by atoms with Crippen LogP contribution in [-0.2, 0) is 6.18 Å². The van der Waals surface area contributed by atoms with E-state index in [4.69, 9.17) is 11.6 Å². The third kappa shape index (κ3) is 2.16. The first-order valence-corrected chi connectivity index (χ1v) is 6.20. The first-order valence-electron chi connectivity index (χ1n) is 5.82. The molecule has 2 heterocycles. The Morgan fingerprint density at radius 2 is 2.05 bits per heavy atom. The topological polar surface area (TPSA) is 32.3 Å². The van der Waals surface area contributed by atoms with Gasteiger partial charge in [-0.15, -0.1) is 12.4 Å². The quantitative estimate of drug-likeness (QED) is 0.795. The lowest BCUT2D eigenvalue weighted by atomic mass is 9.98. The highest BCUT2D eigenvalue weighted by molar-refractivity contribution is 6.32. The summed E-state index contributed by atoms with van der Waals surface area (Å²) in [6.45, 7) is 1.40. The van der Waals surface area contributed by atoms with E-state index < -0.39 is 23.7 Å². The Bertz CT molecular complexity index is 562. The van der Waals surface area contributed by atoms with Crippen molar-refractivity contribution < 1.29 is 18.0 Å². The molecule has 0 aromatic heterocycles.